The average molecular weight is 356 g/mol. The van der Waals surface area contributed by atoms with E-state index in [1.807, 2.05) is 0 Å². The molecule has 0 aliphatic heterocycles. The van der Waals surface area contributed by atoms with Gasteiger partial charge in [-0.3, -0.25) is 4.79 Å². The van der Waals surface area contributed by atoms with Crippen LogP contribution in [-0.4, -0.2) is 38.9 Å². The Morgan fingerprint density at radius 1 is 1.56 bits per heavy atom. The van der Waals surface area contributed by atoms with E-state index < -0.39 is 16.0 Å². The maximum Gasteiger partial charge on any atom is 0.321 e. The molecule has 0 aliphatic rings. The van der Waals surface area contributed by atoms with Gasteiger partial charge in [0.2, 0.25) is 10.0 Å². The number of rotatable bonds is 5. The van der Waals surface area contributed by atoms with E-state index in [9.17, 15) is 13.2 Å². The molecule has 1 heterocycles. The van der Waals surface area contributed by atoms with E-state index in [0.717, 1.165) is 8.09 Å². The second kappa shape index (κ2) is 6.14. The van der Waals surface area contributed by atoms with Gasteiger partial charge in [0.05, 0.1) is 15.3 Å². The third kappa shape index (κ3) is 3.53. The zero-order chi connectivity index (χ0) is 13.9. The van der Waals surface area contributed by atoms with Crippen molar-refractivity contribution in [1.29, 1.82) is 0 Å². The molecule has 8 heteroatoms. The third-order valence-electron chi connectivity index (χ3n) is 2.19. The maximum atomic E-state index is 12.2. The number of likely N-dealkylation sites (N-methyl/N-ethyl adjacent to an activating group) is 1. The van der Waals surface area contributed by atoms with Crippen LogP contribution in [0.25, 0.3) is 0 Å². The van der Waals surface area contributed by atoms with Crippen LogP contribution in [0.4, 0.5) is 0 Å². The lowest BCUT2D eigenvalue weighted by Crippen LogP contribution is -2.33. The second-order valence-corrected chi connectivity index (χ2v) is 8.19. The van der Waals surface area contributed by atoms with Crippen LogP contribution in [0.3, 0.4) is 0 Å². The minimum Gasteiger partial charge on any atom is -0.465 e. The lowest BCUT2D eigenvalue weighted by Gasteiger charge is -2.15. The van der Waals surface area contributed by atoms with E-state index >= 15 is 0 Å². The van der Waals surface area contributed by atoms with Crippen molar-refractivity contribution < 1.29 is 17.9 Å². The van der Waals surface area contributed by atoms with Crippen LogP contribution in [0.2, 0.25) is 0 Å². The van der Waals surface area contributed by atoms with Crippen molar-refractivity contribution in [1.82, 2.24) is 4.31 Å². The Labute approximate surface area is 119 Å². The van der Waals surface area contributed by atoms with Crippen LogP contribution < -0.4 is 0 Å². The number of halogens is 1. The van der Waals surface area contributed by atoms with Gasteiger partial charge in [-0.2, -0.15) is 4.31 Å². The molecule has 0 bridgehead atoms. The highest BCUT2D eigenvalue weighted by atomic mass is 79.9. The summed E-state index contributed by atoms with van der Waals surface area (Å²) in [4.78, 5) is 12.2. The molecule has 5 nitrogen and oxygen atoms in total. The minimum atomic E-state index is -3.65. The van der Waals surface area contributed by atoms with E-state index in [0.29, 0.717) is 4.88 Å². The summed E-state index contributed by atoms with van der Waals surface area (Å²) in [7, 11) is -2.29. The smallest absolute Gasteiger partial charge is 0.321 e. The normalized spacial score (nSPS) is 11.8. The largest absolute Gasteiger partial charge is 0.465 e. The van der Waals surface area contributed by atoms with Crippen molar-refractivity contribution >= 4 is 43.3 Å². The molecule has 0 amide bonds. The van der Waals surface area contributed by atoms with Crippen molar-refractivity contribution in [3.8, 4) is 0 Å². The average Bonchev–Trinajstić information content (AvgIpc) is 2.58. The number of aryl methyl sites for hydroxylation is 1. The molecule has 1 aromatic rings. The summed E-state index contributed by atoms with van der Waals surface area (Å²) in [6, 6.07) is 1.54. The van der Waals surface area contributed by atoms with Crippen LogP contribution in [0.15, 0.2) is 14.7 Å². The number of carbonyl (C=O) groups excluding carboxylic acids is 1. The number of hydrogen-bond donors (Lipinski definition) is 0. The molecule has 0 radical (unpaired) electrons. The zero-order valence-electron chi connectivity index (χ0n) is 10.3. The van der Waals surface area contributed by atoms with Crippen LogP contribution in [0.1, 0.15) is 11.8 Å². The molecule has 0 saturated carbocycles. The molecule has 1 aromatic heterocycles. The first-order chi connectivity index (χ1) is 8.28. The Morgan fingerprint density at radius 3 is 2.61 bits per heavy atom. The Morgan fingerprint density at radius 2 is 2.17 bits per heavy atom. The molecule has 0 saturated heterocycles. The Hall–Kier alpha value is -0.440. The van der Waals surface area contributed by atoms with Crippen molar-refractivity contribution in [2.24, 2.45) is 0 Å². The van der Waals surface area contributed by atoms with E-state index in [1.165, 1.54) is 24.5 Å². The highest BCUT2D eigenvalue weighted by molar-refractivity contribution is 9.11. The minimum absolute atomic E-state index is 0.214. The van der Waals surface area contributed by atoms with Gasteiger partial charge in [0, 0.05) is 11.9 Å². The molecule has 0 aromatic carbocycles. The van der Waals surface area contributed by atoms with E-state index in [2.05, 4.69) is 15.9 Å². The van der Waals surface area contributed by atoms with Crippen molar-refractivity contribution in [2.75, 3.05) is 20.2 Å². The molecule has 0 N–H and O–H groups in total. The van der Waals surface area contributed by atoms with Gasteiger partial charge in [-0.1, -0.05) is 0 Å². The number of ether oxygens (including phenoxy) is 1. The van der Waals surface area contributed by atoms with Crippen LogP contribution in [-0.2, 0) is 19.6 Å². The van der Waals surface area contributed by atoms with E-state index in [-0.39, 0.29) is 18.0 Å². The van der Waals surface area contributed by atoms with Gasteiger partial charge in [0.15, 0.2) is 0 Å². The predicted octanol–water partition coefficient (Wildman–Crippen LogP) is 2.00. The third-order valence-corrected chi connectivity index (χ3v) is 5.80. The topological polar surface area (TPSA) is 63.7 Å². The fourth-order valence-electron chi connectivity index (χ4n) is 1.33. The standard InChI is InChI=1S/C10H14BrNO4S2/c1-4-16-10(13)6-12(3)18(14,15)8-5-9(11)17-7(8)2/h5H,4,6H2,1-3H3. The van der Waals surface area contributed by atoms with E-state index in [4.69, 9.17) is 4.74 Å². The van der Waals surface area contributed by atoms with Gasteiger partial charge in [0.1, 0.15) is 6.54 Å². The van der Waals surface area contributed by atoms with Gasteiger partial charge in [-0.15, -0.1) is 11.3 Å². The summed E-state index contributed by atoms with van der Waals surface area (Å²) in [5, 5.41) is 0. The van der Waals surface area contributed by atoms with Gasteiger partial charge >= 0.3 is 5.97 Å². The fourth-order valence-corrected chi connectivity index (χ4v) is 4.82. The molecule has 0 atom stereocenters. The highest BCUT2D eigenvalue weighted by Gasteiger charge is 2.26. The van der Waals surface area contributed by atoms with Gasteiger partial charge in [-0.05, 0) is 35.8 Å². The summed E-state index contributed by atoms with van der Waals surface area (Å²) in [5.41, 5.74) is 0. The molecule has 1 rings (SSSR count). The maximum absolute atomic E-state index is 12.2. The number of esters is 1. The molecular formula is C10H14BrNO4S2. The molecule has 0 unspecified atom stereocenters. The molecule has 0 aliphatic carbocycles. The monoisotopic (exact) mass is 355 g/mol. The second-order valence-electron chi connectivity index (χ2n) is 3.54. The molecule has 18 heavy (non-hydrogen) atoms. The molecular weight excluding hydrogens is 342 g/mol. The van der Waals surface area contributed by atoms with Crippen molar-refractivity contribution in [3.05, 3.63) is 14.7 Å². The first kappa shape index (κ1) is 15.6. The fraction of sp³-hybridized carbons (Fsp3) is 0.500. The first-order valence-corrected chi connectivity index (χ1v) is 8.22. The summed E-state index contributed by atoms with van der Waals surface area (Å²) >= 11 is 4.58. The highest BCUT2D eigenvalue weighted by Crippen LogP contribution is 2.31. The van der Waals surface area contributed by atoms with Crippen molar-refractivity contribution in [2.45, 2.75) is 18.7 Å². The molecule has 0 spiro atoms. The lowest BCUT2D eigenvalue weighted by atomic mass is 10.5. The Bertz CT molecular complexity index is 538. The lowest BCUT2D eigenvalue weighted by molar-refractivity contribution is -0.143. The number of sulfonamides is 1. The predicted molar refractivity (Wildman–Crippen MR) is 73.2 cm³/mol. The first-order valence-electron chi connectivity index (χ1n) is 5.17. The summed E-state index contributed by atoms with van der Waals surface area (Å²) in [6.07, 6.45) is 0. The SMILES string of the molecule is CCOC(=O)CN(C)S(=O)(=O)c1cc(Br)sc1C. The van der Waals surface area contributed by atoms with Gasteiger partial charge in [0.25, 0.3) is 0 Å². The summed E-state index contributed by atoms with van der Waals surface area (Å²) < 4.78 is 30.9. The summed E-state index contributed by atoms with van der Waals surface area (Å²) in [5.74, 6) is -0.560. The van der Waals surface area contributed by atoms with Crippen LogP contribution in [0, 0.1) is 6.92 Å². The Kier molecular flexibility index (Phi) is 5.32. The molecule has 0 fully saturated rings. The van der Waals surface area contributed by atoms with Crippen LogP contribution >= 0.6 is 27.3 Å². The number of nitrogens with zero attached hydrogens (tertiary/aromatic N) is 1. The van der Waals surface area contributed by atoms with Crippen LogP contribution in [0.5, 0.6) is 0 Å². The Balaban J connectivity index is 2.93. The molecule has 102 valence electrons. The van der Waals surface area contributed by atoms with E-state index in [1.54, 1.807) is 13.8 Å². The number of carbonyl (C=O) groups is 1. The number of hydrogen-bond acceptors (Lipinski definition) is 5. The quantitative estimate of drug-likeness (QED) is 0.757. The van der Waals surface area contributed by atoms with Gasteiger partial charge < -0.3 is 4.74 Å². The number of thiophene rings is 1. The zero-order valence-corrected chi connectivity index (χ0v) is 13.5. The van der Waals surface area contributed by atoms with Gasteiger partial charge in [-0.25, -0.2) is 8.42 Å². The summed E-state index contributed by atoms with van der Waals surface area (Å²) in [6.45, 7) is 3.34. The van der Waals surface area contributed by atoms with Crippen molar-refractivity contribution in [3.63, 3.8) is 0 Å².